The van der Waals surface area contributed by atoms with Gasteiger partial charge in [0.15, 0.2) is 6.04 Å². The predicted molar refractivity (Wildman–Crippen MR) is 50.3 cm³/mol. The molecule has 0 radical (unpaired) electrons. The van der Waals surface area contributed by atoms with E-state index in [-0.39, 0.29) is 6.61 Å². The van der Waals surface area contributed by atoms with Crippen LogP contribution in [0.2, 0.25) is 0 Å². The summed E-state index contributed by atoms with van der Waals surface area (Å²) in [7, 11) is 0. The normalized spacial score (nSPS) is 11.8. The van der Waals surface area contributed by atoms with Crippen LogP contribution in [0, 0.1) is 0 Å². The second kappa shape index (κ2) is 5.14. The lowest BCUT2D eigenvalue weighted by atomic mass is 10.2. The van der Waals surface area contributed by atoms with Crippen LogP contribution in [0.15, 0.2) is 30.3 Å². The molecule has 0 aliphatic heterocycles. The summed E-state index contributed by atoms with van der Waals surface area (Å²) in [5.74, 6) is -0.705. The fraction of sp³-hybridized carbons (Fsp3) is 0.200. The zero-order valence-electron chi connectivity index (χ0n) is 7.55. The third-order valence-electron chi connectivity index (χ3n) is 1.64. The van der Waals surface area contributed by atoms with Crippen molar-refractivity contribution in [2.45, 2.75) is 12.6 Å². The monoisotopic (exact) mass is 193 g/mol. The number of esters is 1. The molecule has 1 aromatic rings. The topological polar surface area (TPSA) is 69.4 Å². The maximum Gasteiger partial charge on any atom is 0.330 e. The smallest absolute Gasteiger partial charge is 0.330 e. The lowest BCUT2D eigenvalue weighted by molar-refractivity contribution is -0.147. The van der Waals surface area contributed by atoms with Gasteiger partial charge >= 0.3 is 5.97 Å². The van der Waals surface area contributed by atoms with Gasteiger partial charge in [0.1, 0.15) is 12.9 Å². The number of aldehydes is 1. The van der Waals surface area contributed by atoms with E-state index in [1.165, 1.54) is 0 Å². The predicted octanol–water partition coefficient (Wildman–Crippen LogP) is 0.256. The van der Waals surface area contributed by atoms with Gasteiger partial charge in [0.05, 0.1) is 0 Å². The van der Waals surface area contributed by atoms with Crippen LogP contribution < -0.4 is 5.73 Å². The van der Waals surface area contributed by atoms with Gasteiger partial charge in [-0.05, 0) is 5.56 Å². The molecule has 0 heterocycles. The van der Waals surface area contributed by atoms with Crippen molar-refractivity contribution in [3.05, 3.63) is 35.9 Å². The SMILES string of the molecule is NC(C=O)C(=O)OCc1ccccc1. The van der Waals surface area contributed by atoms with Gasteiger partial charge < -0.3 is 15.3 Å². The minimum atomic E-state index is -1.18. The second-order valence-electron chi connectivity index (χ2n) is 2.76. The van der Waals surface area contributed by atoms with E-state index in [0.29, 0.717) is 6.29 Å². The van der Waals surface area contributed by atoms with Crippen LogP contribution in [-0.2, 0) is 20.9 Å². The average molecular weight is 193 g/mol. The molecule has 0 aliphatic carbocycles. The Hall–Kier alpha value is -1.68. The number of ether oxygens (including phenoxy) is 1. The number of hydrogen-bond acceptors (Lipinski definition) is 4. The molecule has 1 aromatic carbocycles. The first-order chi connectivity index (χ1) is 6.74. The molecule has 4 nitrogen and oxygen atoms in total. The van der Waals surface area contributed by atoms with Crippen LogP contribution in [0.4, 0.5) is 0 Å². The molecule has 14 heavy (non-hydrogen) atoms. The van der Waals surface area contributed by atoms with E-state index in [2.05, 4.69) is 0 Å². The van der Waals surface area contributed by atoms with Crippen molar-refractivity contribution in [1.29, 1.82) is 0 Å². The van der Waals surface area contributed by atoms with E-state index in [1.54, 1.807) is 0 Å². The highest BCUT2D eigenvalue weighted by atomic mass is 16.5. The molecular weight excluding hydrogens is 182 g/mol. The number of carbonyl (C=O) groups is 2. The third kappa shape index (κ3) is 2.99. The highest BCUT2D eigenvalue weighted by molar-refractivity contribution is 5.91. The molecule has 1 atom stereocenters. The van der Waals surface area contributed by atoms with Crippen LogP contribution >= 0.6 is 0 Å². The van der Waals surface area contributed by atoms with Crippen LogP contribution in [-0.4, -0.2) is 18.3 Å². The first-order valence-electron chi connectivity index (χ1n) is 4.15. The van der Waals surface area contributed by atoms with E-state index >= 15 is 0 Å². The molecule has 0 aromatic heterocycles. The van der Waals surface area contributed by atoms with Crippen molar-refractivity contribution in [3.8, 4) is 0 Å². The summed E-state index contributed by atoms with van der Waals surface area (Å²) in [5, 5.41) is 0. The van der Waals surface area contributed by atoms with Gasteiger partial charge in [0.2, 0.25) is 0 Å². The number of benzene rings is 1. The molecular formula is C10H11NO3. The van der Waals surface area contributed by atoms with Crippen LogP contribution in [0.5, 0.6) is 0 Å². The number of hydrogen-bond donors (Lipinski definition) is 1. The molecule has 0 amide bonds. The van der Waals surface area contributed by atoms with E-state index in [4.69, 9.17) is 10.5 Å². The van der Waals surface area contributed by atoms with E-state index in [0.717, 1.165) is 5.56 Å². The molecule has 74 valence electrons. The number of nitrogens with two attached hydrogens (primary N) is 1. The Morgan fingerprint density at radius 1 is 1.43 bits per heavy atom. The van der Waals surface area contributed by atoms with Crippen molar-refractivity contribution in [3.63, 3.8) is 0 Å². The van der Waals surface area contributed by atoms with E-state index in [9.17, 15) is 9.59 Å². The summed E-state index contributed by atoms with van der Waals surface area (Å²) in [6.45, 7) is 0.140. The summed E-state index contributed by atoms with van der Waals surface area (Å²) in [4.78, 5) is 21.1. The van der Waals surface area contributed by atoms with Crippen molar-refractivity contribution >= 4 is 12.3 Å². The summed E-state index contributed by atoms with van der Waals surface area (Å²) in [6.07, 6.45) is 0.354. The minimum absolute atomic E-state index is 0.140. The maximum atomic E-state index is 11.0. The quantitative estimate of drug-likeness (QED) is 0.423. The first-order valence-corrected chi connectivity index (χ1v) is 4.15. The maximum absolute atomic E-state index is 11.0. The molecule has 0 aliphatic rings. The Morgan fingerprint density at radius 2 is 2.07 bits per heavy atom. The molecule has 0 bridgehead atoms. The van der Waals surface area contributed by atoms with Gasteiger partial charge in [-0.1, -0.05) is 30.3 Å². The molecule has 0 saturated heterocycles. The van der Waals surface area contributed by atoms with Gasteiger partial charge in [-0.25, -0.2) is 4.79 Å². The first kappa shape index (κ1) is 10.4. The summed E-state index contributed by atoms with van der Waals surface area (Å²) in [6, 6.07) is 7.99. The Labute approximate surface area is 81.7 Å². The van der Waals surface area contributed by atoms with Crippen LogP contribution in [0.3, 0.4) is 0 Å². The fourth-order valence-corrected chi connectivity index (χ4v) is 0.880. The van der Waals surface area contributed by atoms with Gasteiger partial charge in [-0.2, -0.15) is 0 Å². The fourth-order valence-electron chi connectivity index (χ4n) is 0.880. The molecule has 0 fully saturated rings. The van der Waals surface area contributed by atoms with E-state index in [1.807, 2.05) is 30.3 Å². The van der Waals surface area contributed by atoms with Crippen LogP contribution in [0.25, 0.3) is 0 Å². The standard InChI is InChI=1S/C10H11NO3/c11-9(6-12)10(13)14-7-8-4-2-1-3-5-8/h1-6,9H,7,11H2. The average Bonchev–Trinajstić information content (AvgIpc) is 2.26. The zero-order chi connectivity index (χ0) is 10.4. The Bertz CT molecular complexity index is 310. The molecule has 4 heteroatoms. The highest BCUT2D eigenvalue weighted by Crippen LogP contribution is 2.00. The zero-order valence-corrected chi connectivity index (χ0v) is 7.55. The molecule has 2 N–H and O–H groups in total. The van der Waals surface area contributed by atoms with Crippen molar-refractivity contribution < 1.29 is 14.3 Å². The van der Waals surface area contributed by atoms with Gasteiger partial charge in [-0.3, -0.25) is 0 Å². The summed E-state index contributed by atoms with van der Waals surface area (Å²) < 4.78 is 4.79. The van der Waals surface area contributed by atoms with Crippen LogP contribution in [0.1, 0.15) is 5.56 Å². The lowest BCUT2D eigenvalue weighted by Crippen LogP contribution is -2.33. The molecule has 0 saturated carbocycles. The Balaban J connectivity index is 2.42. The third-order valence-corrected chi connectivity index (χ3v) is 1.64. The second-order valence-corrected chi connectivity index (χ2v) is 2.76. The highest BCUT2D eigenvalue weighted by Gasteiger charge is 2.12. The number of carbonyl (C=O) groups excluding carboxylic acids is 2. The van der Waals surface area contributed by atoms with Crippen molar-refractivity contribution in [2.75, 3.05) is 0 Å². The van der Waals surface area contributed by atoms with Crippen molar-refractivity contribution in [1.82, 2.24) is 0 Å². The van der Waals surface area contributed by atoms with Gasteiger partial charge in [-0.15, -0.1) is 0 Å². The Kier molecular flexibility index (Phi) is 3.82. The molecule has 1 unspecified atom stereocenters. The van der Waals surface area contributed by atoms with E-state index < -0.39 is 12.0 Å². The molecule has 0 spiro atoms. The summed E-state index contributed by atoms with van der Waals surface area (Å²) >= 11 is 0. The largest absolute Gasteiger partial charge is 0.459 e. The molecule has 1 rings (SSSR count). The lowest BCUT2D eigenvalue weighted by Gasteiger charge is -2.05. The number of rotatable bonds is 4. The van der Waals surface area contributed by atoms with Gasteiger partial charge in [0.25, 0.3) is 0 Å². The summed E-state index contributed by atoms with van der Waals surface area (Å²) in [5.41, 5.74) is 6.00. The minimum Gasteiger partial charge on any atom is -0.459 e. The van der Waals surface area contributed by atoms with Crippen molar-refractivity contribution in [2.24, 2.45) is 5.73 Å². The Morgan fingerprint density at radius 3 is 2.64 bits per heavy atom. The van der Waals surface area contributed by atoms with Gasteiger partial charge in [0, 0.05) is 0 Å².